The van der Waals surface area contributed by atoms with Crippen LogP contribution in [0.5, 0.6) is 0 Å². The van der Waals surface area contributed by atoms with Crippen LogP contribution in [-0.4, -0.2) is 18.6 Å². The molecule has 0 radical (unpaired) electrons. The molecule has 3 heteroatoms. The predicted molar refractivity (Wildman–Crippen MR) is 76.7 cm³/mol. The van der Waals surface area contributed by atoms with Crippen LogP contribution in [0.4, 0.5) is 0 Å². The summed E-state index contributed by atoms with van der Waals surface area (Å²) in [5, 5.41) is 1.84. The molecule has 17 heavy (non-hydrogen) atoms. The number of nitrogens with zero attached hydrogens (tertiary/aromatic N) is 1. The minimum Gasteiger partial charge on any atom is -0.491 e. The van der Waals surface area contributed by atoms with Crippen molar-refractivity contribution < 1.29 is 4.74 Å². The highest BCUT2D eigenvalue weighted by Gasteiger charge is 2.18. The van der Waals surface area contributed by atoms with Gasteiger partial charge in [-0.2, -0.15) is 0 Å². The van der Waals surface area contributed by atoms with Crippen molar-refractivity contribution in [3.8, 4) is 0 Å². The fourth-order valence-corrected chi connectivity index (χ4v) is 2.04. The van der Waals surface area contributed by atoms with Gasteiger partial charge in [-0.3, -0.25) is 0 Å². The highest BCUT2D eigenvalue weighted by atomic mass is 32.1. The Bertz CT molecular complexity index is 366. The van der Waals surface area contributed by atoms with Gasteiger partial charge >= 0.3 is 0 Å². The van der Waals surface area contributed by atoms with E-state index in [2.05, 4.69) is 36.6 Å². The molecule has 94 valence electrons. The zero-order chi connectivity index (χ0) is 12.7. The summed E-state index contributed by atoms with van der Waals surface area (Å²) in [6, 6.07) is 0. The number of hydrogen-bond acceptors (Lipinski definition) is 3. The lowest BCUT2D eigenvalue weighted by atomic mass is 10.2. The van der Waals surface area contributed by atoms with Gasteiger partial charge in [-0.15, -0.1) is 12.6 Å². The van der Waals surface area contributed by atoms with Crippen LogP contribution in [0.15, 0.2) is 46.9 Å². The van der Waals surface area contributed by atoms with Crippen molar-refractivity contribution >= 4 is 12.6 Å². The molecule has 0 aliphatic carbocycles. The predicted octanol–water partition coefficient (Wildman–Crippen LogP) is 3.86. The van der Waals surface area contributed by atoms with Crippen LogP contribution in [0.1, 0.15) is 26.7 Å². The van der Waals surface area contributed by atoms with E-state index < -0.39 is 0 Å². The summed E-state index contributed by atoms with van der Waals surface area (Å²) >= 11 is 4.25. The zero-order valence-electron chi connectivity index (χ0n) is 10.8. The lowest BCUT2D eigenvalue weighted by molar-refractivity contribution is 0.229. The Kier molecular flexibility index (Phi) is 5.98. The van der Waals surface area contributed by atoms with Gasteiger partial charge in [-0.25, -0.2) is 0 Å². The normalized spacial score (nSPS) is 24.7. The first-order valence-electron chi connectivity index (χ1n) is 5.97. The summed E-state index contributed by atoms with van der Waals surface area (Å²) in [5.41, 5.74) is 2.26. The average Bonchev–Trinajstić information content (AvgIpc) is 2.48. The first kappa shape index (κ1) is 14.0. The van der Waals surface area contributed by atoms with E-state index in [1.54, 1.807) is 0 Å². The molecule has 0 amide bonds. The van der Waals surface area contributed by atoms with E-state index in [9.17, 15) is 0 Å². The summed E-state index contributed by atoms with van der Waals surface area (Å²) in [4.78, 5) is 2.13. The van der Waals surface area contributed by atoms with E-state index in [0.717, 1.165) is 24.3 Å². The fourth-order valence-electron chi connectivity index (χ4n) is 1.74. The fraction of sp³-hybridized carbons (Fsp3) is 0.429. The molecule has 0 aromatic rings. The van der Waals surface area contributed by atoms with Crippen molar-refractivity contribution in [1.82, 2.24) is 4.90 Å². The van der Waals surface area contributed by atoms with Crippen LogP contribution >= 0.6 is 12.6 Å². The summed E-state index contributed by atoms with van der Waals surface area (Å²) in [6.07, 6.45) is 10.2. The molecule has 0 spiro atoms. The van der Waals surface area contributed by atoms with Gasteiger partial charge in [0, 0.05) is 19.2 Å². The Morgan fingerprint density at radius 1 is 1.47 bits per heavy atom. The average molecular weight is 251 g/mol. The van der Waals surface area contributed by atoms with Gasteiger partial charge in [0.25, 0.3) is 0 Å². The van der Waals surface area contributed by atoms with Gasteiger partial charge in [-0.05, 0) is 24.8 Å². The van der Waals surface area contributed by atoms with Gasteiger partial charge in [0.1, 0.15) is 5.76 Å². The second-order valence-electron chi connectivity index (χ2n) is 3.82. The molecule has 0 aromatic carbocycles. The summed E-state index contributed by atoms with van der Waals surface area (Å²) in [5.74, 6) is 0.921. The highest BCUT2D eigenvalue weighted by Crippen LogP contribution is 2.26. The molecular weight excluding hydrogens is 230 g/mol. The number of thiol groups is 1. The molecule has 1 saturated heterocycles. The summed E-state index contributed by atoms with van der Waals surface area (Å²) in [7, 11) is 2.05. The topological polar surface area (TPSA) is 12.5 Å². The first-order valence-corrected chi connectivity index (χ1v) is 6.49. The molecule has 2 nitrogen and oxygen atoms in total. The molecule has 0 saturated carbocycles. The summed E-state index contributed by atoms with van der Waals surface area (Å²) in [6.45, 7) is 4.83. The van der Waals surface area contributed by atoms with E-state index in [4.69, 9.17) is 4.74 Å². The van der Waals surface area contributed by atoms with Crippen molar-refractivity contribution in [3.05, 3.63) is 46.9 Å². The Labute approximate surface area is 110 Å². The molecule has 1 rings (SSSR count). The maximum Gasteiger partial charge on any atom is 0.142 e. The van der Waals surface area contributed by atoms with E-state index >= 15 is 0 Å². The largest absolute Gasteiger partial charge is 0.491 e. The Morgan fingerprint density at radius 2 is 2.24 bits per heavy atom. The van der Waals surface area contributed by atoms with Crippen LogP contribution in [-0.2, 0) is 4.74 Å². The molecule has 0 bridgehead atoms. The molecule has 0 N–H and O–H groups in total. The molecule has 0 unspecified atom stereocenters. The van der Waals surface area contributed by atoms with Crippen molar-refractivity contribution in [1.29, 1.82) is 0 Å². The number of likely N-dealkylation sites (N-methyl/N-ethyl adjacent to an activating group) is 1. The lowest BCUT2D eigenvalue weighted by Crippen LogP contribution is -2.16. The highest BCUT2D eigenvalue weighted by molar-refractivity contribution is 7.83. The van der Waals surface area contributed by atoms with Gasteiger partial charge in [0.05, 0.1) is 12.3 Å². The molecule has 0 aromatic heterocycles. The van der Waals surface area contributed by atoms with Gasteiger partial charge in [0.2, 0.25) is 0 Å². The maximum absolute atomic E-state index is 5.78. The van der Waals surface area contributed by atoms with Crippen LogP contribution < -0.4 is 0 Å². The van der Waals surface area contributed by atoms with E-state index in [-0.39, 0.29) is 0 Å². The molecule has 1 aliphatic rings. The SMILES string of the molecule is CC=C1/C(=C\C=C\CC)OCC/C(=C\S)N1C. The number of hydrogen-bond donors (Lipinski definition) is 1. The third-order valence-corrected chi connectivity index (χ3v) is 3.00. The minimum atomic E-state index is 0.694. The molecular formula is C14H21NOS. The standard InChI is InChI=1S/C14H21NOS/c1-4-6-7-8-14-13(5-2)15(3)12(11-17)9-10-16-14/h5-8,11,17H,4,9-10H2,1-3H3/b7-6+,12-11+,13-5?,14-8+. The number of allylic oxidation sites excluding steroid dienone is 4. The van der Waals surface area contributed by atoms with Crippen LogP contribution in [0.2, 0.25) is 0 Å². The lowest BCUT2D eigenvalue weighted by Gasteiger charge is -2.21. The maximum atomic E-state index is 5.78. The third-order valence-electron chi connectivity index (χ3n) is 2.70. The third kappa shape index (κ3) is 3.70. The number of rotatable bonds is 2. The Balaban J connectivity index is 2.99. The van der Waals surface area contributed by atoms with E-state index in [0.29, 0.717) is 6.61 Å². The van der Waals surface area contributed by atoms with E-state index in [1.807, 2.05) is 31.5 Å². The first-order chi connectivity index (χ1) is 8.24. The molecule has 1 aliphatic heterocycles. The Hall–Kier alpha value is -1.09. The minimum absolute atomic E-state index is 0.694. The number of ether oxygens (including phenoxy) is 1. The second-order valence-corrected chi connectivity index (χ2v) is 4.08. The van der Waals surface area contributed by atoms with Crippen molar-refractivity contribution in [2.75, 3.05) is 13.7 Å². The van der Waals surface area contributed by atoms with Crippen LogP contribution in [0.3, 0.4) is 0 Å². The van der Waals surface area contributed by atoms with Crippen molar-refractivity contribution in [2.45, 2.75) is 26.7 Å². The van der Waals surface area contributed by atoms with Crippen molar-refractivity contribution in [2.24, 2.45) is 0 Å². The van der Waals surface area contributed by atoms with Crippen molar-refractivity contribution in [3.63, 3.8) is 0 Å². The summed E-state index contributed by atoms with van der Waals surface area (Å²) < 4.78 is 5.78. The molecule has 0 atom stereocenters. The molecule has 1 heterocycles. The van der Waals surface area contributed by atoms with Gasteiger partial charge < -0.3 is 9.64 Å². The second kappa shape index (κ2) is 7.28. The zero-order valence-corrected chi connectivity index (χ0v) is 11.7. The van der Waals surface area contributed by atoms with Crippen LogP contribution in [0.25, 0.3) is 0 Å². The van der Waals surface area contributed by atoms with Gasteiger partial charge in [0.15, 0.2) is 0 Å². The van der Waals surface area contributed by atoms with Gasteiger partial charge in [-0.1, -0.05) is 25.2 Å². The monoisotopic (exact) mass is 251 g/mol. The van der Waals surface area contributed by atoms with E-state index in [1.165, 1.54) is 5.70 Å². The smallest absolute Gasteiger partial charge is 0.142 e. The van der Waals surface area contributed by atoms with Crippen LogP contribution in [0, 0.1) is 0 Å². The molecule has 1 fully saturated rings. The quantitative estimate of drug-likeness (QED) is 0.748. The Morgan fingerprint density at radius 3 is 2.82 bits per heavy atom.